The number of amides is 1. The molecule has 1 N–H and O–H groups in total. The molecule has 1 atom stereocenters. The fourth-order valence-corrected chi connectivity index (χ4v) is 4.92. The summed E-state index contributed by atoms with van der Waals surface area (Å²) in [5.41, 5.74) is 1.34. The van der Waals surface area contributed by atoms with Gasteiger partial charge in [-0.05, 0) is 38.0 Å². The lowest BCUT2D eigenvalue weighted by molar-refractivity contribution is -0.122. The Morgan fingerprint density at radius 2 is 2.24 bits per heavy atom. The molecule has 2 aromatic heterocycles. The molecule has 3 heterocycles. The highest BCUT2D eigenvalue weighted by Gasteiger charge is 2.33. The number of methoxy groups -OCH3 is 1. The molecule has 1 amide bonds. The lowest BCUT2D eigenvalue weighted by Crippen LogP contribution is -2.43. The molecule has 3 aromatic rings. The summed E-state index contributed by atoms with van der Waals surface area (Å²) in [5.74, 6) is 0.657. The van der Waals surface area contributed by atoms with E-state index in [1.807, 2.05) is 23.1 Å². The molecular formula is C19H20BrN5O3S. The van der Waals surface area contributed by atoms with Crippen molar-refractivity contribution in [2.75, 3.05) is 18.6 Å². The summed E-state index contributed by atoms with van der Waals surface area (Å²) in [7, 11) is 1.61. The number of ether oxygens (including phenoxy) is 1. The average molecular weight is 478 g/mol. The molecule has 0 saturated carbocycles. The molecule has 4 rings (SSSR count). The second kappa shape index (κ2) is 8.11. The van der Waals surface area contributed by atoms with Crippen LogP contribution in [0.15, 0.2) is 33.5 Å². The monoisotopic (exact) mass is 477 g/mol. The number of fused-ring (bicyclic) bond motifs is 1. The van der Waals surface area contributed by atoms with Gasteiger partial charge in [-0.2, -0.15) is 4.52 Å². The molecule has 1 fully saturated rings. The van der Waals surface area contributed by atoms with Crippen molar-refractivity contribution in [2.24, 2.45) is 0 Å². The lowest BCUT2D eigenvalue weighted by atomic mass is 10.1. The van der Waals surface area contributed by atoms with E-state index in [0.29, 0.717) is 28.9 Å². The Bertz CT molecular complexity index is 1130. The van der Waals surface area contributed by atoms with Gasteiger partial charge in [-0.1, -0.05) is 27.3 Å². The van der Waals surface area contributed by atoms with E-state index in [0.717, 1.165) is 28.6 Å². The molecule has 1 unspecified atom stereocenters. The number of carbonyl (C=O) groups excluding carboxylic acids is 1. The van der Waals surface area contributed by atoms with Crippen LogP contribution in [0, 0.1) is 6.92 Å². The van der Waals surface area contributed by atoms with E-state index >= 15 is 0 Å². The van der Waals surface area contributed by atoms with Gasteiger partial charge in [-0.25, -0.2) is 4.98 Å². The predicted molar refractivity (Wildman–Crippen MR) is 115 cm³/mol. The smallest absolute Gasteiger partial charge is 0.275 e. The van der Waals surface area contributed by atoms with Crippen LogP contribution in [0.4, 0.5) is 5.13 Å². The van der Waals surface area contributed by atoms with Gasteiger partial charge in [0.15, 0.2) is 0 Å². The highest BCUT2D eigenvalue weighted by atomic mass is 79.9. The zero-order valence-corrected chi connectivity index (χ0v) is 18.4. The molecule has 10 heteroatoms. The first-order valence-corrected chi connectivity index (χ1v) is 10.8. The third-order valence-electron chi connectivity index (χ3n) is 4.86. The molecule has 1 aromatic carbocycles. The van der Waals surface area contributed by atoms with Gasteiger partial charge in [-0.15, -0.1) is 5.10 Å². The number of hydrogen-bond acceptors (Lipinski definition) is 7. The number of benzene rings is 1. The van der Waals surface area contributed by atoms with Crippen molar-refractivity contribution in [3.8, 4) is 5.75 Å². The Morgan fingerprint density at radius 1 is 1.41 bits per heavy atom. The van der Waals surface area contributed by atoms with Gasteiger partial charge in [0.25, 0.3) is 5.56 Å². The van der Waals surface area contributed by atoms with Crippen molar-refractivity contribution >= 4 is 43.3 Å². The Morgan fingerprint density at radius 3 is 3.03 bits per heavy atom. The quantitative estimate of drug-likeness (QED) is 0.607. The molecule has 152 valence electrons. The third-order valence-corrected chi connectivity index (χ3v) is 6.30. The van der Waals surface area contributed by atoms with Crippen LogP contribution in [0.25, 0.3) is 4.96 Å². The van der Waals surface area contributed by atoms with Crippen LogP contribution in [0.5, 0.6) is 5.75 Å². The summed E-state index contributed by atoms with van der Waals surface area (Å²) >= 11 is 4.78. The zero-order valence-electron chi connectivity index (χ0n) is 16.0. The van der Waals surface area contributed by atoms with E-state index in [1.165, 1.54) is 21.9 Å². The first-order valence-electron chi connectivity index (χ1n) is 9.20. The normalized spacial score (nSPS) is 16.4. The second-order valence-electron chi connectivity index (χ2n) is 6.84. The molecular weight excluding hydrogens is 458 g/mol. The first kappa shape index (κ1) is 19.8. The first-order chi connectivity index (χ1) is 14.0. The number of nitrogens with zero attached hydrogens (tertiary/aromatic N) is 4. The number of halogens is 1. The Labute approximate surface area is 179 Å². The number of anilines is 1. The van der Waals surface area contributed by atoms with Crippen LogP contribution in [-0.2, 0) is 11.3 Å². The van der Waals surface area contributed by atoms with E-state index in [4.69, 9.17) is 4.74 Å². The molecule has 0 aliphatic carbocycles. The highest BCUT2D eigenvalue weighted by molar-refractivity contribution is 9.10. The van der Waals surface area contributed by atoms with E-state index in [9.17, 15) is 9.59 Å². The van der Waals surface area contributed by atoms with Crippen molar-refractivity contribution < 1.29 is 9.53 Å². The fraction of sp³-hybridized carbons (Fsp3) is 0.368. The van der Waals surface area contributed by atoms with Gasteiger partial charge in [0.2, 0.25) is 16.0 Å². The van der Waals surface area contributed by atoms with Crippen LogP contribution < -0.4 is 20.5 Å². The average Bonchev–Trinajstić information content (AvgIpc) is 3.33. The molecule has 8 nitrogen and oxygen atoms in total. The topological polar surface area (TPSA) is 88.8 Å². The van der Waals surface area contributed by atoms with E-state index in [-0.39, 0.29) is 17.5 Å². The van der Waals surface area contributed by atoms with Crippen molar-refractivity contribution in [1.29, 1.82) is 0 Å². The molecule has 1 saturated heterocycles. The van der Waals surface area contributed by atoms with Crippen molar-refractivity contribution in [3.63, 3.8) is 0 Å². The van der Waals surface area contributed by atoms with E-state index in [1.54, 1.807) is 14.0 Å². The van der Waals surface area contributed by atoms with Crippen LogP contribution >= 0.6 is 27.3 Å². The summed E-state index contributed by atoms with van der Waals surface area (Å²) in [6.07, 6.45) is 1.62. The molecule has 1 aliphatic heterocycles. The molecule has 0 bridgehead atoms. The van der Waals surface area contributed by atoms with Gasteiger partial charge in [0.05, 0.1) is 7.11 Å². The van der Waals surface area contributed by atoms with E-state index in [2.05, 4.69) is 31.3 Å². The summed E-state index contributed by atoms with van der Waals surface area (Å²) in [5, 5.41) is 8.05. The maximum absolute atomic E-state index is 12.9. The molecule has 1 aliphatic rings. The Balaban J connectivity index is 1.53. The SMILES string of the molecule is COc1ccc(Br)cc1CNC(=O)C1CCCN1c1nn2c(=O)cc(C)nc2s1. The number of carbonyl (C=O) groups is 1. The fourth-order valence-electron chi connectivity index (χ4n) is 3.48. The maximum atomic E-state index is 12.9. The molecule has 29 heavy (non-hydrogen) atoms. The van der Waals surface area contributed by atoms with Crippen LogP contribution in [0.1, 0.15) is 24.1 Å². The highest BCUT2D eigenvalue weighted by Crippen LogP contribution is 2.29. The Hall–Kier alpha value is -2.46. The van der Waals surface area contributed by atoms with Crippen LogP contribution in [-0.4, -0.2) is 40.2 Å². The van der Waals surface area contributed by atoms with Gasteiger partial charge in [-0.3, -0.25) is 9.59 Å². The number of hydrogen-bond donors (Lipinski definition) is 1. The molecule has 0 radical (unpaired) electrons. The summed E-state index contributed by atoms with van der Waals surface area (Å²) in [6, 6.07) is 6.82. The number of nitrogens with one attached hydrogen (secondary N) is 1. The van der Waals surface area contributed by atoms with Gasteiger partial charge in [0.1, 0.15) is 11.8 Å². The zero-order chi connectivity index (χ0) is 20.5. The minimum absolute atomic E-state index is 0.0692. The van der Waals surface area contributed by atoms with Gasteiger partial charge < -0.3 is 15.0 Å². The minimum atomic E-state index is -0.328. The Kier molecular flexibility index (Phi) is 5.55. The maximum Gasteiger partial charge on any atom is 0.275 e. The summed E-state index contributed by atoms with van der Waals surface area (Å²) < 4.78 is 7.59. The second-order valence-corrected chi connectivity index (χ2v) is 8.69. The number of rotatable bonds is 5. The summed E-state index contributed by atoms with van der Waals surface area (Å²) in [6.45, 7) is 2.86. The van der Waals surface area contributed by atoms with E-state index < -0.39 is 0 Å². The minimum Gasteiger partial charge on any atom is -0.496 e. The lowest BCUT2D eigenvalue weighted by Gasteiger charge is -2.22. The predicted octanol–water partition coefficient (Wildman–Crippen LogP) is 2.52. The van der Waals surface area contributed by atoms with Crippen molar-refractivity contribution in [1.82, 2.24) is 19.9 Å². The largest absolute Gasteiger partial charge is 0.496 e. The summed E-state index contributed by atoms with van der Waals surface area (Å²) in [4.78, 5) is 31.9. The number of aryl methyl sites for hydroxylation is 1. The third kappa shape index (κ3) is 3.99. The number of aromatic nitrogens is 3. The van der Waals surface area contributed by atoms with Crippen molar-refractivity contribution in [3.05, 3.63) is 50.3 Å². The van der Waals surface area contributed by atoms with Gasteiger partial charge in [0, 0.05) is 34.9 Å². The standard InChI is InChI=1S/C19H20BrN5O3S/c1-11-8-16(26)25-18(22-11)29-19(23-25)24-7-3-4-14(24)17(27)21-10-12-9-13(20)5-6-15(12)28-2/h5-6,8-9,14H,3-4,7,10H2,1-2H3,(H,21,27). The molecule has 0 spiro atoms. The van der Waals surface area contributed by atoms with Gasteiger partial charge >= 0.3 is 0 Å². The van der Waals surface area contributed by atoms with Crippen LogP contribution in [0.2, 0.25) is 0 Å². The van der Waals surface area contributed by atoms with Crippen LogP contribution in [0.3, 0.4) is 0 Å². The van der Waals surface area contributed by atoms with Crippen molar-refractivity contribution in [2.45, 2.75) is 32.4 Å².